The summed E-state index contributed by atoms with van der Waals surface area (Å²) in [5.41, 5.74) is 6.51. The van der Waals surface area contributed by atoms with Crippen LogP contribution in [0.25, 0.3) is 5.70 Å². The zero-order chi connectivity index (χ0) is 10.8. The molecule has 1 aromatic rings. The fourth-order valence-electron chi connectivity index (χ4n) is 1.58. The highest BCUT2D eigenvalue weighted by atomic mass is 15.5. The summed E-state index contributed by atoms with van der Waals surface area (Å²) in [6.45, 7) is 4.02. The molecule has 1 aromatic carbocycles. The minimum atomic E-state index is 0.972. The van der Waals surface area contributed by atoms with E-state index in [9.17, 15) is 0 Å². The fourth-order valence-corrected chi connectivity index (χ4v) is 1.58. The summed E-state index contributed by atoms with van der Waals surface area (Å²) < 4.78 is 0. The van der Waals surface area contributed by atoms with Gasteiger partial charge in [-0.05, 0) is 13.8 Å². The number of hydrogen-bond acceptors (Lipinski definition) is 3. The number of rotatable bonds is 1. The molecule has 15 heavy (non-hydrogen) atoms. The topological polar surface area (TPSA) is 27.6 Å². The predicted molar refractivity (Wildman–Crippen MR) is 63.0 cm³/mol. The van der Waals surface area contributed by atoms with Crippen molar-refractivity contribution in [3.8, 4) is 0 Å². The molecule has 3 nitrogen and oxygen atoms in total. The van der Waals surface area contributed by atoms with E-state index in [1.165, 1.54) is 0 Å². The van der Waals surface area contributed by atoms with E-state index in [4.69, 9.17) is 0 Å². The Balaban J connectivity index is 2.42. The van der Waals surface area contributed by atoms with Crippen LogP contribution in [0.3, 0.4) is 0 Å². The monoisotopic (exact) mass is 201 g/mol. The molecule has 3 heteroatoms. The highest BCUT2D eigenvalue weighted by Crippen LogP contribution is 2.21. The van der Waals surface area contributed by atoms with Crippen molar-refractivity contribution in [2.75, 3.05) is 7.05 Å². The van der Waals surface area contributed by atoms with Crippen LogP contribution in [0.2, 0.25) is 0 Å². The van der Waals surface area contributed by atoms with Gasteiger partial charge in [0.25, 0.3) is 0 Å². The lowest BCUT2D eigenvalue weighted by molar-refractivity contribution is 0.406. The van der Waals surface area contributed by atoms with Gasteiger partial charge in [0.1, 0.15) is 5.84 Å². The molecule has 1 N–H and O–H groups in total. The standard InChI is InChI=1S/C12H15N3/c1-9-12(11-7-5-4-6-8-11)13-10(2)15(3)14-9/h4-8,14H,1-3H3. The number of hydrogen-bond donors (Lipinski definition) is 1. The Kier molecular flexibility index (Phi) is 2.46. The Bertz CT molecular complexity index is 418. The summed E-state index contributed by atoms with van der Waals surface area (Å²) >= 11 is 0. The van der Waals surface area contributed by atoms with E-state index >= 15 is 0 Å². The molecule has 1 heterocycles. The minimum absolute atomic E-state index is 0.972. The molecular formula is C12H15N3. The highest BCUT2D eigenvalue weighted by Gasteiger charge is 2.13. The Morgan fingerprint density at radius 3 is 2.47 bits per heavy atom. The zero-order valence-corrected chi connectivity index (χ0v) is 9.28. The lowest BCUT2D eigenvalue weighted by Gasteiger charge is -2.27. The Labute approximate surface area is 90.1 Å². The summed E-state index contributed by atoms with van der Waals surface area (Å²) in [7, 11) is 1.96. The van der Waals surface area contributed by atoms with Gasteiger partial charge in [-0.25, -0.2) is 4.99 Å². The van der Waals surface area contributed by atoms with Crippen molar-refractivity contribution in [3.63, 3.8) is 0 Å². The van der Waals surface area contributed by atoms with Gasteiger partial charge >= 0.3 is 0 Å². The Hall–Kier alpha value is -1.77. The van der Waals surface area contributed by atoms with E-state index in [1.807, 2.05) is 44.1 Å². The average molecular weight is 201 g/mol. The molecule has 1 aliphatic heterocycles. The quantitative estimate of drug-likeness (QED) is 0.754. The lowest BCUT2D eigenvalue weighted by Crippen LogP contribution is -2.39. The van der Waals surface area contributed by atoms with Gasteiger partial charge in [0.15, 0.2) is 0 Å². The highest BCUT2D eigenvalue weighted by molar-refractivity contribution is 5.88. The summed E-state index contributed by atoms with van der Waals surface area (Å²) in [6, 6.07) is 10.2. The van der Waals surface area contributed by atoms with Gasteiger partial charge in [0.2, 0.25) is 0 Å². The normalized spacial score (nSPS) is 16.2. The third kappa shape index (κ3) is 1.86. The first-order valence-electron chi connectivity index (χ1n) is 5.00. The molecule has 78 valence electrons. The van der Waals surface area contributed by atoms with E-state index in [0.717, 1.165) is 22.8 Å². The van der Waals surface area contributed by atoms with E-state index in [1.54, 1.807) is 0 Å². The van der Waals surface area contributed by atoms with Gasteiger partial charge in [-0.2, -0.15) is 0 Å². The number of nitrogens with one attached hydrogen (secondary N) is 1. The number of nitrogens with zero attached hydrogens (tertiary/aromatic N) is 2. The van der Waals surface area contributed by atoms with Crippen molar-refractivity contribution in [1.29, 1.82) is 0 Å². The third-order valence-electron chi connectivity index (χ3n) is 2.50. The van der Waals surface area contributed by atoms with Gasteiger partial charge in [-0.15, -0.1) is 0 Å². The van der Waals surface area contributed by atoms with Crippen LogP contribution in [-0.4, -0.2) is 17.9 Å². The molecule has 0 aliphatic carbocycles. The Morgan fingerprint density at radius 2 is 1.80 bits per heavy atom. The predicted octanol–water partition coefficient (Wildman–Crippen LogP) is 2.24. The molecule has 0 spiro atoms. The van der Waals surface area contributed by atoms with Crippen molar-refractivity contribution >= 4 is 11.5 Å². The number of aliphatic imine (C=N–C) groups is 1. The van der Waals surface area contributed by atoms with Crippen molar-refractivity contribution in [2.24, 2.45) is 4.99 Å². The van der Waals surface area contributed by atoms with E-state index < -0.39 is 0 Å². The molecule has 0 bridgehead atoms. The summed E-state index contributed by atoms with van der Waals surface area (Å²) in [6.07, 6.45) is 0. The van der Waals surface area contributed by atoms with Crippen LogP contribution >= 0.6 is 0 Å². The van der Waals surface area contributed by atoms with Crippen LogP contribution in [-0.2, 0) is 0 Å². The summed E-state index contributed by atoms with van der Waals surface area (Å²) in [4.78, 5) is 4.57. The Morgan fingerprint density at radius 1 is 1.13 bits per heavy atom. The largest absolute Gasteiger partial charge is 0.300 e. The molecular weight excluding hydrogens is 186 g/mol. The van der Waals surface area contributed by atoms with Crippen LogP contribution in [0.4, 0.5) is 0 Å². The smallest absolute Gasteiger partial charge is 0.120 e. The number of benzene rings is 1. The number of hydrazine groups is 1. The van der Waals surface area contributed by atoms with Crippen molar-refractivity contribution in [3.05, 3.63) is 41.6 Å². The van der Waals surface area contributed by atoms with Crippen LogP contribution in [0.1, 0.15) is 19.4 Å². The van der Waals surface area contributed by atoms with Crippen molar-refractivity contribution in [2.45, 2.75) is 13.8 Å². The fraction of sp³-hybridized carbons (Fsp3) is 0.250. The molecule has 0 amide bonds. The van der Waals surface area contributed by atoms with Crippen molar-refractivity contribution in [1.82, 2.24) is 10.4 Å². The minimum Gasteiger partial charge on any atom is -0.300 e. The molecule has 0 radical (unpaired) electrons. The molecule has 0 atom stereocenters. The van der Waals surface area contributed by atoms with Gasteiger partial charge in [-0.3, -0.25) is 10.4 Å². The lowest BCUT2D eigenvalue weighted by atomic mass is 10.1. The van der Waals surface area contributed by atoms with E-state index in [0.29, 0.717) is 0 Å². The number of allylic oxidation sites excluding steroid dienone is 1. The van der Waals surface area contributed by atoms with Crippen LogP contribution in [0.5, 0.6) is 0 Å². The first kappa shape index (κ1) is 9.77. The second kappa shape index (κ2) is 3.77. The molecule has 2 rings (SSSR count). The maximum atomic E-state index is 4.57. The first-order chi connectivity index (χ1) is 7.18. The van der Waals surface area contributed by atoms with E-state index in [2.05, 4.69) is 22.6 Å². The van der Waals surface area contributed by atoms with Crippen LogP contribution in [0.15, 0.2) is 41.0 Å². The number of amidine groups is 1. The molecule has 0 fully saturated rings. The van der Waals surface area contributed by atoms with Crippen molar-refractivity contribution < 1.29 is 0 Å². The zero-order valence-electron chi connectivity index (χ0n) is 9.28. The van der Waals surface area contributed by atoms with Gasteiger partial charge in [-0.1, -0.05) is 30.3 Å². The molecule has 0 saturated heterocycles. The summed E-state index contributed by atoms with van der Waals surface area (Å²) in [5, 5.41) is 1.92. The van der Waals surface area contributed by atoms with Gasteiger partial charge < -0.3 is 0 Å². The van der Waals surface area contributed by atoms with Crippen LogP contribution in [0, 0.1) is 0 Å². The maximum Gasteiger partial charge on any atom is 0.120 e. The molecule has 1 aliphatic rings. The van der Waals surface area contributed by atoms with E-state index in [-0.39, 0.29) is 0 Å². The maximum absolute atomic E-state index is 4.57. The summed E-state index contributed by atoms with van der Waals surface area (Å²) in [5.74, 6) is 0.972. The van der Waals surface area contributed by atoms with Crippen LogP contribution < -0.4 is 5.43 Å². The second-order valence-corrected chi connectivity index (χ2v) is 3.67. The third-order valence-corrected chi connectivity index (χ3v) is 2.50. The second-order valence-electron chi connectivity index (χ2n) is 3.67. The molecule has 0 aromatic heterocycles. The average Bonchev–Trinajstić information content (AvgIpc) is 2.25. The molecule has 0 saturated carbocycles. The van der Waals surface area contributed by atoms with Gasteiger partial charge in [0.05, 0.1) is 11.4 Å². The SMILES string of the molecule is CC1=NC(c2ccccc2)=C(C)NN1C. The first-order valence-corrected chi connectivity index (χ1v) is 5.00. The van der Waals surface area contributed by atoms with Gasteiger partial charge in [0, 0.05) is 12.6 Å². The molecule has 0 unspecified atom stereocenters.